The smallest absolute Gasteiger partial charge is 0.247 e. The first-order chi connectivity index (χ1) is 17.2. The van der Waals surface area contributed by atoms with Crippen molar-refractivity contribution in [3.8, 4) is 17.0 Å². The van der Waals surface area contributed by atoms with E-state index in [1.165, 1.54) is 37.8 Å². The number of ether oxygens (including phenoxy) is 1. The highest BCUT2D eigenvalue weighted by molar-refractivity contribution is 7.90. The Morgan fingerprint density at radius 2 is 1.97 bits per heavy atom. The number of benzene rings is 1. The van der Waals surface area contributed by atoms with E-state index >= 15 is 0 Å². The van der Waals surface area contributed by atoms with Crippen LogP contribution in [-0.4, -0.2) is 49.7 Å². The molecule has 0 saturated carbocycles. The monoisotopic (exact) mass is 513 g/mol. The summed E-state index contributed by atoms with van der Waals surface area (Å²) in [5.41, 5.74) is 2.32. The van der Waals surface area contributed by atoms with Gasteiger partial charge < -0.3 is 15.4 Å². The number of nitrogens with one attached hydrogen (secondary N) is 3. The number of hydrogen-bond acceptors (Lipinski definition) is 7. The van der Waals surface area contributed by atoms with E-state index in [2.05, 4.69) is 25.3 Å². The highest BCUT2D eigenvalue weighted by atomic mass is 32.2. The quantitative estimate of drug-likeness (QED) is 0.402. The van der Waals surface area contributed by atoms with Gasteiger partial charge >= 0.3 is 0 Å². The topological polar surface area (TPSA) is 122 Å². The van der Waals surface area contributed by atoms with Crippen LogP contribution in [-0.2, 0) is 14.8 Å². The number of rotatable bonds is 9. The second-order valence-corrected chi connectivity index (χ2v) is 10.8. The number of aromatic nitrogens is 2. The van der Waals surface area contributed by atoms with Crippen molar-refractivity contribution in [3.05, 3.63) is 71.9 Å². The molecule has 0 bridgehead atoms. The fraction of sp³-hybridized carbons (Fsp3) is 0.320. The Morgan fingerprint density at radius 1 is 1.19 bits per heavy atom. The lowest BCUT2D eigenvalue weighted by molar-refractivity contribution is -0.117. The molecular weight excluding hydrogens is 485 g/mol. The first-order valence-electron chi connectivity index (χ1n) is 11.5. The summed E-state index contributed by atoms with van der Waals surface area (Å²) in [5.74, 6) is -0.901. The summed E-state index contributed by atoms with van der Waals surface area (Å²) in [5, 5.41) is 5.17. The number of sulfonamides is 1. The fourth-order valence-corrected chi connectivity index (χ4v) is 5.33. The van der Waals surface area contributed by atoms with Crippen LogP contribution >= 0.6 is 0 Å². The molecule has 1 aliphatic rings. The van der Waals surface area contributed by atoms with Crippen molar-refractivity contribution in [2.45, 2.75) is 31.1 Å². The fourth-order valence-electron chi connectivity index (χ4n) is 3.90. The molecule has 190 valence electrons. The van der Waals surface area contributed by atoms with Crippen LogP contribution in [0.1, 0.15) is 36.9 Å². The third kappa shape index (κ3) is 5.53. The van der Waals surface area contributed by atoms with Crippen molar-refractivity contribution < 1.29 is 22.3 Å². The van der Waals surface area contributed by atoms with E-state index in [-0.39, 0.29) is 5.92 Å². The van der Waals surface area contributed by atoms with E-state index in [4.69, 9.17) is 4.74 Å². The number of amides is 1. The van der Waals surface area contributed by atoms with Crippen molar-refractivity contribution in [1.82, 2.24) is 20.0 Å². The van der Waals surface area contributed by atoms with Crippen LogP contribution in [0.25, 0.3) is 11.1 Å². The summed E-state index contributed by atoms with van der Waals surface area (Å²) in [6.07, 6.45) is 4.50. The van der Waals surface area contributed by atoms with Crippen LogP contribution in [0, 0.1) is 5.82 Å². The van der Waals surface area contributed by atoms with Gasteiger partial charge in [-0.25, -0.2) is 17.8 Å². The number of methoxy groups -OCH3 is 1. The zero-order valence-electron chi connectivity index (χ0n) is 20.2. The lowest BCUT2D eigenvalue weighted by atomic mass is 9.94. The van der Waals surface area contributed by atoms with Crippen molar-refractivity contribution in [2.75, 3.05) is 25.5 Å². The molecule has 0 spiro atoms. The Labute approximate surface area is 209 Å². The largest absolute Gasteiger partial charge is 0.481 e. The minimum atomic E-state index is -3.80. The van der Waals surface area contributed by atoms with Gasteiger partial charge in [-0.15, -0.1) is 0 Å². The molecule has 11 heteroatoms. The third-order valence-corrected chi connectivity index (χ3v) is 7.78. The highest BCUT2D eigenvalue weighted by Crippen LogP contribution is 2.37. The molecule has 0 radical (unpaired) electrons. The lowest BCUT2D eigenvalue weighted by Crippen LogP contribution is -2.56. The zero-order chi connectivity index (χ0) is 25.9. The number of pyridine rings is 2. The minimum Gasteiger partial charge on any atom is -0.481 e. The van der Waals surface area contributed by atoms with E-state index in [1.54, 1.807) is 24.3 Å². The van der Waals surface area contributed by atoms with Gasteiger partial charge in [0.05, 0.1) is 12.8 Å². The van der Waals surface area contributed by atoms with E-state index < -0.39 is 33.0 Å². The second-order valence-electron chi connectivity index (χ2n) is 8.81. The molecular formula is C25H28FN5O4S. The van der Waals surface area contributed by atoms with Gasteiger partial charge in [0.15, 0.2) is 0 Å². The molecule has 1 fully saturated rings. The Balaban J connectivity index is 1.77. The zero-order valence-corrected chi connectivity index (χ0v) is 21.0. The number of halogens is 1. The predicted octanol–water partition coefficient (Wildman–Crippen LogP) is 2.99. The number of hydrogen-bond donors (Lipinski definition) is 3. The van der Waals surface area contributed by atoms with Gasteiger partial charge in [-0.1, -0.05) is 19.9 Å². The van der Waals surface area contributed by atoms with Crippen LogP contribution in [0.4, 0.5) is 10.1 Å². The molecule has 1 aliphatic heterocycles. The number of carbonyl (C=O) groups is 1. The van der Waals surface area contributed by atoms with Crippen molar-refractivity contribution in [3.63, 3.8) is 0 Å². The normalized spacial score (nSPS) is 14.8. The first-order valence-corrected chi connectivity index (χ1v) is 13.0. The molecule has 1 aromatic carbocycles. The van der Waals surface area contributed by atoms with Gasteiger partial charge in [0.25, 0.3) is 0 Å². The Hall–Kier alpha value is -3.41. The Bertz CT molecular complexity index is 1350. The van der Waals surface area contributed by atoms with Gasteiger partial charge in [0, 0.05) is 43.3 Å². The Morgan fingerprint density at radius 3 is 2.58 bits per heavy atom. The van der Waals surface area contributed by atoms with Crippen LogP contribution in [0.2, 0.25) is 0 Å². The summed E-state index contributed by atoms with van der Waals surface area (Å²) < 4.78 is 48.3. The molecule has 0 aliphatic carbocycles. The third-order valence-electron chi connectivity index (χ3n) is 6.00. The van der Waals surface area contributed by atoms with E-state index in [0.717, 1.165) is 0 Å². The van der Waals surface area contributed by atoms with Crippen LogP contribution in [0.3, 0.4) is 0 Å². The molecule has 36 heavy (non-hydrogen) atoms. The summed E-state index contributed by atoms with van der Waals surface area (Å²) in [6.45, 7) is 4.37. The maximum Gasteiger partial charge on any atom is 0.247 e. The molecule has 1 saturated heterocycles. The molecule has 1 atom stereocenters. The van der Waals surface area contributed by atoms with E-state index in [0.29, 0.717) is 46.9 Å². The highest BCUT2D eigenvalue weighted by Gasteiger charge is 2.36. The van der Waals surface area contributed by atoms with Crippen molar-refractivity contribution >= 4 is 21.6 Å². The molecule has 4 rings (SSSR count). The van der Waals surface area contributed by atoms with Gasteiger partial charge in [-0.05, 0) is 46.9 Å². The maximum atomic E-state index is 14.7. The maximum absolute atomic E-state index is 14.7. The minimum absolute atomic E-state index is 0.145. The average Bonchev–Trinajstić information content (AvgIpc) is 2.82. The van der Waals surface area contributed by atoms with Crippen LogP contribution in [0.5, 0.6) is 5.88 Å². The number of carbonyl (C=O) groups excluding carboxylic acids is 1. The lowest BCUT2D eigenvalue weighted by Gasteiger charge is -2.29. The van der Waals surface area contributed by atoms with Gasteiger partial charge in [0.2, 0.25) is 21.8 Å². The molecule has 9 nitrogen and oxygen atoms in total. The summed E-state index contributed by atoms with van der Waals surface area (Å²) >= 11 is 0. The van der Waals surface area contributed by atoms with Crippen molar-refractivity contribution in [1.29, 1.82) is 0 Å². The first kappa shape index (κ1) is 25.7. The molecule has 3 N–H and O–H groups in total. The number of nitrogens with zero attached hydrogens (tertiary/aromatic N) is 2. The predicted molar refractivity (Wildman–Crippen MR) is 135 cm³/mol. The van der Waals surface area contributed by atoms with Crippen molar-refractivity contribution in [2.24, 2.45) is 0 Å². The SMILES string of the molecule is COc1cc(-c2cc(F)cc(C(C)C)c2NC(=O)C(NS(=O)(=O)C2CNC2)c2cccnc2)ccn1. The number of anilines is 1. The van der Waals surface area contributed by atoms with E-state index in [9.17, 15) is 17.6 Å². The Kier molecular flexibility index (Phi) is 7.62. The van der Waals surface area contributed by atoms with Gasteiger partial charge in [-0.2, -0.15) is 4.72 Å². The van der Waals surface area contributed by atoms with Gasteiger partial charge in [-0.3, -0.25) is 9.78 Å². The molecule has 1 amide bonds. The molecule has 1 unspecified atom stereocenters. The second kappa shape index (κ2) is 10.7. The summed E-state index contributed by atoms with van der Waals surface area (Å²) in [4.78, 5) is 21.8. The molecule has 3 heterocycles. The van der Waals surface area contributed by atoms with Gasteiger partial charge in [0.1, 0.15) is 17.1 Å². The molecule has 3 aromatic rings. The summed E-state index contributed by atoms with van der Waals surface area (Å²) in [7, 11) is -2.32. The van der Waals surface area contributed by atoms with E-state index in [1.807, 2.05) is 13.8 Å². The van der Waals surface area contributed by atoms with Crippen LogP contribution in [0.15, 0.2) is 55.0 Å². The molecule has 2 aromatic heterocycles. The summed E-state index contributed by atoms with van der Waals surface area (Å²) in [6, 6.07) is 8.02. The standard InChI is InChI=1S/C25H28FN5O4S/c1-15(2)20-10-18(26)11-21(16-6-8-29-22(9-16)35-3)24(20)30-25(32)23(17-5-4-7-27-12-17)31-36(33,34)19-13-28-14-19/h4-12,15,19,23,28,31H,13-14H2,1-3H3,(H,30,32). The average molecular weight is 514 g/mol. The van der Waals surface area contributed by atoms with Crippen LogP contribution < -0.4 is 20.1 Å².